The van der Waals surface area contributed by atoms with E-state index in [-0.39, 0.29) is 12.6 Å². The number of rotatable bonds is 7. The van der Waals surface area contributed by atoms with Crippen LogP contribution in [0.3, 0.4) is 0 Å². The van der Waals surface area contributed by atoms with Crippen molar-refractivity contribution in [2.45, 2.75) is 56.7 Å². The summed E-state index contributed by atoms with van der Waals surface area (Å²) >= 11 is 0. The van der Waals surface area contributed by atoms with Gasteiger partial charge in [-0.1, -0.05) is 49.6 Å². The molecule has 1 aliphatic carbocycles. The third-order valence-electron chi connectivity index (χ3n) is 4.28. The SMILES string of the molecule is O=C(O)NC[C@@H](O)C(Cc1ccccc1)NC1CCCCC1. The lowest BCUT2D eigenvalue weighted by Gasteiger charge is -2.31. The van der Waals surface area contributed by atoms with Gasteiger partial charge in [0.1, 0.15) is 0 Å². The quantitative estimate of drug-likeness (QED) is 0.622. The van der Waals surface area contributed by atoms with E-state index >= 15 is 0 Å². The van der Waals surface area contributed by atoms with Gasteiger partial charge < -0.3 is 20.8 Å². The van der Waals surface area contributed by atoms with E-state index < -0.39 is 12.2 Å². The Kier molecular flexibility index (Phi) is 6.68. The lowest BCUT2D eigenvalue weighted by Crippen LogP contribution is -2.51. The topological polar surface area (TPSA) is 81.6 Å². The van der Waals surface area contributed by atoms with Crippen LogP contribution >= 0.6 is 0 Å². The summed E-state index contributed by atoms with van der Waals surface area (Å²) < 4.78 is 0. The summed E-state index contributed by atoms with van der Waals surface area (Å²) in [5.74, 6) is 0. The number of hydrogen-bond donors (Lipinski definition) is 4. The van der Waals surface area contributed by atoms with E-state index in [1.54, 1.807) is 0 Å². The van der Waals surface area contributed by atoms with Crippen LogP contribution in [0, 0.1) is 0 Å². The number of nitrogens with one attached hydrogen (secondary N) is 2. The number of benzene rings is 1. The minimum atomic E-state index is -1.10. The first-order chi connectivity index (χ1) is 10.6. The summed E-state index contributed by atoms with van der Waals surface area (Å²) in [5.41, 5.74) is 1.14. The maximum Gasteiger partial charge on any atom is 0.404 e. The fourth-order valence-electron chi connectivity index (χ4n) is 3.08. The van der Waals surface area contributed by atoms with Gasteiger partial charge in [0.2, 0.25) is 0 Å². The van der Waals surface area contributed by atoms with Gasteiger partial charge in [0.05, 0.1) is 6.10 Å². The molecule has 1 aromatic rings. The second-order valence-electron chi connectivity index (χ2n) is 6.05. The highest BCUT2D eigenvalue weighted by Gasteiger charge is 2.24. The van der Waals surface area contributed by atoms with E-state index in [9.17, 15) is 9.90 Å². The van der Waals surface area contributed by atoms with Crippen LogP contribution in [-0.2, 0) is 6.42 Å². The molecule has 0 bridgehead atoms. The normalized spacial score (nSPS) is 18.6. The number of aliphatic hydroxyl groups is 1. The Morgan fingerprint density at radius 1 is 1.18 bits per heavy atom. The zero-order chi connectivity index (χ0) is 15.8. The van der Waals surface area contributed by atoms with Crippen LogP contribution in [0.15, 0.2) is 30.3 Å². The molecule has 5 heteroatoms. The maximum atomic E-state index is 10.6. The molecule has 2 rings (SSSR count). The summed E-state index contributed by atoms with van der Waals surface area (Å²) in [5, 5.41) is 24.9. The molecule has 1 saturated carbocycles. The highest BCUT2D eigenvalue weighted by molar-refractivity contribution is 5.64. The number of carbonyl (C=O) groups is 1. The van der Waals surface area contributed by atoms with Gasteiger partial charge in [0.25, 0.3) is 0 Å². The second-order valence-corrected chi connectivity index (χ2v) is 6.05. The van der Waals surface area contributed by atoms with Gasteiger partial charge in [-0.05, 0) is 24.8 Å². The first-order valence-corrected chi connectivity index (χ1v) is 8.10. The molecule has 0 spiro atoms. The van der Waals surface area contributed by atoms with Gasteiger partial charge in [-0.3, -0.25) is 0 Å². The first-order valence-electron chi connectivity index (χ1n) is 8.10. The molecule has 0 aromatic heterocycles. The lowest BCUT2D eigenvalue weighted by molar-refractivity contribution is 0.111. The molecule has 5 nitrogen and oxygen atoms in total. The monoisotopic (exact) mass is 306 g/mol. The van der Waals surface area contributed by atoms with E-state index in [0.29, 0.717) is 12.5 Å². The molecule has 0 heterocycles. The molecule has 1 fully saturated rings. The lowest BCUT2D eigenvalue weighted by atomic mass is 9.93. The third kappa shape index (κ3) is 5.66. The molecular weight excluding hydrogens is 280 g/mol. The van der Waals surface area contributed by atoms with Crippen molar-refractivity contribution in [3.63, 3.8) is 0 Å². The van der Waals surface area contributed by atoms with Gasteiger partial charge in [0, 0.05) is 18.6 Å². The van der Waals surface area contributed by atoms with Crippen molar-refractivity contribution in [2.24, 2.45) is 0 Å². The minimum Gasteiger partial charge on any atom is -0.465 e. The minimum absolute atomic E-state index is 0.0482. The molecule has 0 saturated heterocycles. The summed E-state index contributed by atoms with van der Waals surface area (Å²) in [7, 11) is 0. The van der Waals surface area contributed by atoms with Crippen molar-refractivity contribution in [3.05, 3.63) is 35.9 Å². The fraction of sp³-hybridized carbons (Fsp3) is 0.588. The van der Waals surface area contributed by atoms with Crippen molar-refractivity contribution in [3.8, 4) is 0 Å². The molecule has 22 heavy (non-hydrogen) atoms. The zero-order valence-corrected chi connectivity index (χ0v) is 12.9. The molecule has 1 aromatic carbocycles. The maximum absolute atomic E-state index is 10.6. The summed E-state index contributed by atoms with van der Waals surface area (Å²) in [4.78, 5) is 10.6. The molecule has 122 valence electrons. The molecule has 1 unspecified atom stereocenters. The Hall–Kier alpha value is -1.59. The van der Waals surface area contributed by atoms with E-state index in [1.165, 1.54) is 19.3 Å². The van der Waals surface area contributed by atoms with Gasteiger partial charge in [-0.25, -0.2) is 4.79 Å². The van der Waals surface area contributed by atoms with Crippen LogP contribution in [0.4, 0.5) is 4.79 Å². The van der Waals surface area contributed by atoms with E-state index in [1.807, 2.05) is 30.3 Å². The average Bonchev–Trinajstić information content (AvgIpc) is 2.54. The van der Waals surface area contributed by atoms with Crippen molar-refractivity contribution in [1.29, 1.82) is 0 Å². The van der Waals surface area contributed by atoms with E-state index in [0.717, 1.165) is 18.4 Å². The Balaban J connectivity index is 1.96. The van der Waals surface area contributed by atoms with Gasteiger partial charge in [-0.15, -0.1) is 0 Å². The van der Waals surface area contributed by atoms with E-state index in [4.69, 9.17) is 5.11 Å². The number of amides is 1. The van der Waals surface area contributed by atoms with Crippen molar-refractivity contribution in [2.75, 3.05) is 6.54 Å². The molecule has 0 aliphatic heterocycles. The van der Waals surface area contributed by atoms with Gasteiger partial charge >= 0.3 is 6.09 Å². The van der Waals surface area contributed by atoms with Crippen molar-refractivity contribution in [1.82, 2.24) is 10.6 Å². The average molecular weight is 306 g/mol. The van der Waals surface area contributed by atoms with Gasteiger partial charge in [0.15, 0.2) is 0 Å². The molecule has 4 N–H and O–H groups in total. The highest BCUT2D eigenvalue weighted by Crippen LogP contribution is 2.19. The third-order valence-corrected chi connectivity index (χ3v) is 4.28. The predicted octanol–water partition coefficient (Wildman–Crippen LogP) is 2.15. The highest BCUT2D eigenvalue weighted by atomic mass is 16.4. The fourth-order valence-corrected chi connectivity index (χ4v) is 3.08. The second kappa shape index (κ2) is 8.76. The smallest absolute Gasteiger partial charge is 0.404 e. The molecule has 1 amide bonds. The molecule has 1 aliphatic rings. The van der Waals surface area contributed by atoms with Crippen molar-refractivity contribution >= 4 is 6.09 Å². The molecule has 0 radical (unpaired) electrons. The summed E-state index contributed by atoms with van der Waals surface area (Å²) in [6.45, 7) is 0.0482. The van der Waals surface area contributed by atoms with Crippen LogP contribution in [0.25, 0.3) is 0 Å². The standard InChI is InChI=1S/C17H26N2O3/c20-16(12-18-17(21)22)15(11-13-7-3-1-4-8-13)19-14-9-5-2-6-10-14/h1,3-4,7-8,14-16,18-20H,2,5-6,9-12H2,(H,21,22)/t15?,16-/m1/s1. The Morgan fingerprint density at radius 2 is 1.86 bits per heavy atom. The Morgan fingerprint density at radius 3 is 2.50 bits per heavy atom. The van der Waals surface area contributed by atoms with Crippen LogP contribution < -0.4 is 10.6 Å². The van der Waals surface area contributed by atoms with Crippen LogP contribution in [0.1, 0.15) is 37.7 Å². The number of carboxylic acid groups (broad SMARTS) is 1. The van der Waals surface area contributed by atoms with Crippen LogP contribution in [-0.4, -0.2) is 41.0 Å². The summed E-state index contributed by atoms with van der Waals surface area (Å²) in [6, 6.07) is 10.3. The Labute approximate surface area is 131 Å². The Bertz CT molecular complexity index is 446. The molecule has 2 atom stereocenters. The predicted molar refractivity (Wildman–Crippen MR) is 86.0 cm³/mol. The van der Waals surface area contributed by atoms with E-state index in [2.05, 4.69) is 10.6 Å². The zero-order valence-electron chi connectivity index (χ0n) is 12.9. The summed E-state index contributed by atoms with van der Waals surface area (Å²) in [6.07, 6.45) is 4.84. The number of aliphatic hydroxyl groups excluding tert-OH is 1. The first kappa shape index (κ1) is 16.8. The van der Waals surface area contributed by atoms with Crippen LogP contribution in [0.2, 0.25) is 0 Å². The number of hydrogen-bond acceptors (Lipinski definition) is 3. The molecular formula is C17H26N2O3. The van der Waals surface area contributed by atoms with Gasteiger partial charge in [-0.2, -0.15) is 0 Å². The van der Waals surface area contributed by atoms with Crippen LogP contribution in [0.5, 0.6) is 0 Å². The van der Waals surface area contributed by atoms with Crippen molar-refractivity contribution < 1.29 is 15.0 Å². The largest absolute Gasteiger partial charge is 0.465 e.